The Morgan fingerprint density at radius 2 is 1.78 bits per heavy atom. The fourth-order valence-electron chi connectivity index (χ4n) is 2.72. The molecule has 0 spiro atoms. The number of nitrogens with two attached hydrogens (primary N) is 1. The van der Waals surface area contributed by atoms with Crippen molar-refractivity contribution in [3.8, 4) is 5.69 Å². The molecule has 0 fully saturated rings. The molecule has 0 atom stereocenters. The number of halogens is 1. The molecule has 0 aliphatic heterocycles. The van der Waals surface area contributed by atoms with Gasteiger partial charge in [0.2, 0.25) is 0 Å². The normalized spacial score (nSPS) is 10.4. The standard InChI is InChI=1S/C19H18FN5O2/c1-2-17-16(11-22-25(17)15-8-6-12(20)7-9-15)18(26)23-13-4-3-5-14(10-13)24-19(21)27/h3-11H,2H2,1H3,(H,23,26)(H3,21,24,27). The van der Waals surface area contributed by atoms with Crippen molar-refractivity contribution in [1.82, 2.24) is 9.78 Å². The van der Waals surface area contributed by atoms with Gasteiger partial charge in [0, 0.05) is 11.4 Å². The molecular formula is C19H18FN5O2. The Hall–Kier alpha value is -3.68. The van der Waals surface area contributed by atoms with E-state index in [1.807, 2.05) is 6.92 Å². The second kappa shape index (κ2) is 7.69. The highest BCUT2D eigenvalue weighted by molar-refractivity contribution is 6.05. The van der Waals surface area contributed by atoms with Gasteiger partial charge in [0.25, 0.3) is 5.91 Å². The van der Waals surface area contributed by atoms with Crippen LogP contribution in [0, 0.1) is 5.82 Å². The maximum absolute atomic E-state index is 13.1. The molecule has 8 heteroatoms. The number of nitrogens with zero attached hydrogens (tertiary/aromatic N) is 2. The highest BCUT2D eigenvalue weighted by Gasteiger charge is 2.17. The summed E-state index contributed by atoms with van der Waals surface area (Å²) in [6, 6.07) is 11.8. The summed E-state index contributed by atoms with van der Waals surface area (Å²) in [5, 5.41) is 9.49. The van der Waals surface area contributed by atoms with E-state index in [2.05, 4.69) is 15.7 Å². The number of urea groups is 1. The van der Waals surface area contributed by atoms with E-state index in [4.69, 9.17) is 5.73 Å². The minimum Gasteiger partial charge on any atom is -0.351 e. The van der Waals surface area contributed by atoms with E-state index in [0.29, 0.717) is 34.7 Å². The zero-order valence-electron chi connectivity index (χ0n) is 14.6. The molecule has 3 amide bonds. The van der Waals surface area contributed by atoms with Crippen molar-refractivity contribution in [2.24, 2.45) is 5.73 Å². The van der Waals surface area contributed by atoms with Crippen LogP contribution >= 0.6 is 0 Å². The third kappa shape index (κ3) is 4.12. The van der Waals surface area contributed by atoms with Gasteiger partial charge in [-0.3, -0.25) is 4.79 Å². The number of carbonyl (C=O) groups excluding carboxylic acids is 2. The Bertz CT molecular complexity index is 982. The van der Waals surface area contributed by atoms with Crippen LogP contribution in [0.5, 0.6) is 0 Å². The maximum Gasteiger partial charge on any atom is 0.316 e. The molecule has 0 saturated heterocycles. The van der Waals surface area contributed by atoms with Gasteiger partial charge in [-0.15, -0.1) is 0 Å². The number of primary amides is 1. The van der Waals surface area contributed by atoms with E-state index in [0.717, 1.165) is 0 Å². The number of amides is 3. The van der Waals surface area contributed by atoms with E-state index < -0.39 is 6.03 Å². The number of aromatic nitrogens is 2. The van der Waals surface area contributed by atoms with Gasteiger partial charge in [0.05, 0.1) is 23.1 Å². The average Bonchev–Trinajstić information content (AvgIpc) is 3.06. The highest BCUT2D eigenvalue weighted by Crippen LogP contribution is 2.20. The van der Waals surface area contributed by atoms with Crippen LogP contribution in [0.1, 0.15) is 23.0 Å². The lowest BCUT2D eigenvalue weighted by atomic mass is 10.1. The minimum absolute atomic E-state index is 0.337. The first-order chi connectivity index (χ1) is 13.0. The average molecular weight is 367 g/mol. The van der Waals surface area contributed by atoms with Crippen molar-refractivity contribution in [2.45, 2.75) is 13.3 Å². The van der Waals surface area contributed by atoms with Crippen molar-refractivity contribution in [3.05, 3.63) is 71.8 Å². The van der Waals surface area contributed by atoms with Crippen molar-refractivity contribution < 1.29 is 14.0 Å². The molecule has 0 aliphatic rings. The lowest BCUT2D eigenvalue weighted by Crippen LogP contribution is -2.19. The number of hydrogen-bond donors (Lipinski definition) is 3. The molecule has 2 aromatic carbocycles. The van der Waals surface area contributed by atoms with Gasteiger partial charge in [-0.2, -0.15) is 5.10 Å². The first-order valence-electron chi connectivity index (χ1n) is 8.28. The molecule has 0 aliphatic carbocycles. The second-order valence-electron chi connectivity index (χ2n) is 5.77. The van der Waals surface area contributed by atoms with Crippen LogP contribution in [0.4, 0.5) is 20.6 Å². The predicted molar refractivity (Wildman–Crippen MR) is 101 cm³/mol. The third-order valence-corrected chi connectivity index (χ3v) is 3.91. The van der Waals surface area contributed by atoms with E-state index in [-0.39, 0.29) is 11.7 Å². The second-order valence-corrected chi connectivity index (χ2v) is 5.77. The van der Waals surface area contributed by atoms with Crippen LogP contribution in [0.3, 0.4) is 0 Å². The van der Waals surface area contributed by atoms with Crippen LogP contribution < -0.4 is 16.4 Å². The summed E-state index contributed by atoms with van der Waals surface area (Å²) in [6.07, 6.45) is 2.03. The zero-order valence-corrected chi connectivity index (χ0v) is 14.6. The molecule has 0 saturated carbocycles. The molecule has 7 nitrogen and oxygen atoms in total. The molecule has 138 valence electrons. The van der Waals surface area contributed by atoms with Gasteiger partial charge in [-0.05, 0) is 48.9 Å². The Balaban J connectivity index is 1.85. The quantitative estimate of drug-likeness (QED) is 0.645. The van der Waals surface area contributed by atoms with Crippen LogP contribution in [0.2, 0.25) is 0 Å². The van der Waals surface area contributed by atoms with Gasteiger partial charge >= 0.3 is 6.03 Å². The number of benzene rings is 2. The Morgan fingerprint density at radius 1 is 1.11 bits per heavy atom. The molecule has 1 heterocycles. The van der Waals surface area contributed by atoms with Crippen molar-refractivity contribution in [3.63, 3.8) is 0 Å². The van der Waals surface area contributed by atoms with Gasteiger partial charge in [0.1, 0.15) is 5.82 Å². The van der Waals surface area contributed by atoms with Gasteiger partial charge in [0.15, 0.2) is 0 Å². The molecular weight excluding hydrogens is 349 g/mol. The number of hydrogen-bond acceptors (Lipinski definition) is 3. The molecule has 1 aromatic heterocycles. The maximum atomic E-state index is 13.1. The molecule has 27 heavy (non-hydrogen) atoms. The van der Waals surface area contributed by atoms with E-state index in [9.17, 15) is 14.0 Å². The third-order valence-electron chi connectivity index (χ3n) is 3.91. The number of nitrogens with one attached hydrogen (secondary N) is 2. The van der Waals surface area contributed by atoms with Gasteiger partial charge < -0.3 is 16.4 Å². The van der Waals surface area contributed by atoms with Crippen molar-refractivity contribution in [2.75, 3.05) is 10.6 Å². The van der Waals surface area contributed by atoms with E-state index in [1.165, 1.54) is 18.3 Å². The van der Waals surface area contributed by atoms with Crippen LogP contribution in [-0.2, 0) is 6.42 Å². The van der Waals surface area contributed by atoms with E-state index >= 15 is 0 Å². The van der Waals surface area contributed by atoms with Gasteiger partial charge in [-0.1, -0.05) is 13.0 Å². The van der Waals surface area contributed by atoms with Crippen LogP contribution in [0.15, 0.2) is 54.7 Å². The van der Waals surface area contributed by atoms with Crippen molar-refractivity contribution >= 4 is 23.3 Å². The van der Waals surface area contributed by atoms with Crippen molar-refractivity contribution in [1.29, 1.82) is 0 Å². The lowest BCUT2D eigenvalue weighted by Gasteiger charge is -2.09. The summed E-state index contributed by atoms with van der Waals surface area (Å²) in [4.78, 5) is 23.6. The smallest absolute Gasteiger partial charge is 0.316 e. The number of anilines is 2. The monoisotopic (exact) mass is 367 g/mol. The first-order valence-corrected chi connectivity index (χ1v) is 8.28. The fourth-order valence-corrected chi connectivity index (χ4v) is 2.72. The lowest BCUT2D eigenvalue weighted by molar-refractivity contribution is 0.102. The Kier molecular flexibility index (Phi) is 5.16. The Morgan fingerprint density at radius 3 is 2.41 bits per heavy atom. The zero-order chi connectivity index (χ0) is 19.4. The van der Waals surface area contributed by atoms with Crippen LogP contribution in [-0.4, -0.2) is 21.7 Å². The van der Waals surface area contributed by atoms with Crippen LogP contribution in [0.25, 0.3) is 5.69 Å². The summed E-state index contributed by atoms with van der Waals surface area (Å²) in [5.74, 6) is -0.678. The Labute approximate surface area is 155 Å². The summed E-state index contributed by atoms with van der Waals surface area (Å²) >= 11 is 0. The summed E-state index contributed by atoms with van der Waals surface area (Å²) in [7, 11) is 0. The molecule has 0 bridgehead atoms. The summed E-state index contributed by atoms with van der Waals surface area (Å²) in [5.41, 5.74) is 7.85. The molecule has 0 unspecified atom stereocenters. The molecule has 4 N–H and O–H groups in total. The SMILES string of the molecule is CCc1c(C(=O)Nc2cccc(NC(N)=O)c2)cnn1-c1ccc(F)cc1. The summed E-state index contributed by atoms with van der Waals surface area (Å²) < 4.78 is 14.8. The topological polar surface area (TPSA) is 102 Å². The number of rotatable bonds is 5. The largest absolute Gasteiger partial charge is 0.351 e. The predicted octanol–water partition coefficient (Wildman–Crippen LogP) is 3.32. The molecule has 3 aromatic rings. The highest BCUT2D eigenvalue weighted by atomic mass is 19.1. The minimum atomic E-state index is -0.688. The fraction of sp³-hybridized carbons (Fsp3) is 0.105. The summed E-state index contributed by atoms with van der Waals surface area (Å²) in [6.45, 7) is 1.91. The van der Waals surface area contributed by atoms with E-state index in [1.54, 1.807) is 41.1 Å². The molecule has 3 rings (SSSR count). The first kappa shape index (κ1) is 18.1. The van der Waals surface area contributed by atoms with Gasteiger partial charge in [-0.25, -0.2) is 13.9 Å². The number of carbonyl (C=O) groups is 2. The molecule has 0 radical (unpaired) electrons.